The monoisotopic (exact) mass is 527 g/mol. The van der Waals surface area contributed by atoms with Crippen LogP contribution in [-0.2, 0) is 0 Å². The summed E-state index contributed by atoms with van der Waals surface area (Å²) >= 11 is 0. The number of aromatic amines is 1. The van der Waals surface area contributed by atoms with Gasteiger partial charge < -0.3 is 4.98 Å². The van der Waals surface area contributed by atoms with Gasteiger partial charge in [-0.15, -0.1) is 0 Å². The maximum Gasteiger partial charge on any atom is 0.178 e. The minimum absolute atomic E-state index is 0.603. The zero-order valence-electron chi connectivity index (χ0n) is 22.1. The number of hydrogen-bond donors (Lipinski definition) is 1. The van der Waals surface area contributed by atoms with Gasteiger partial charge in [-0.3, -0.25) is 4.98 Å². The summed E-state index contributed by atoms with van der Waals surface area (Å²) in [6, 6.07) is 42.0. The molecular weight excluding hydrogens is 502 g/mol. The molecule has 0 aliphatic carbocycles. The first-order valence-electron chi connectivity index (χ1n) is 13.5. The van der Waals surface area contributed by atoms with E-state index >= 15 is 0 Å². The molecule has 7 rings (SSSR count). The number of aromatic nitrogens is 5. The van der Waals surface area contributed by atoms with Crippen molar-refractivity contribution in [2.24, 2.45) is 0 Å². The molecule has 1 N–H and O–H groups in total. The predicted octanol–water partition coefficient (Wildman–Crippen LogP) is 8.60. The number of nitrogens with one attached hydrogen (secondary N) is 1. The van der Waals surface area contributed by atoms with Crippen molar-refractivity contribution in [3.8, 4) is 67.4 Å². The van der Waals surface area contributed by atoms with Crippen LogP contribution in [0.3, 0.4) is 0 Å². The third kappa shape index (κ3) is 5.16. The normalized spacial score (nSPS) is 10.9. The molecular formula is C36H25N5. The average molecular weight is 528 g/mol. The van der Waals surface area contributed by atoms with E-state index in [4.69, 9.17) is 9.97 Å². The summed E-state index contributed by atoms with van der Waals surface area (Å²) in [5.41, 5.74) is 11.3. The van der Waals surface area contributed by atoms with E-state index in [2.05, 4.69) is 124 Å². The molecule has 7 aromatic rings. The molecule has 0 bridgehead atoms. The molecule has 0 radical (unpaired) electrons. The number of benzene rings is 4. The Hall–Kier alpha value is -5.68. The lowest BCUT2D eigenvalue weighted by atomic mass is 9.97. The Bertz CT molecular complexity index is 1910. The second-order valence-electron chi connectivity index (χ2n) is 9.77. The lowest BCUT2D eigenvalue weighted by molar-refractivity contribution is 1.16. The lowest BCUT2D eigenvalue weighted by Crippen LogP contribution is -1.96. The van der Waals surface area contributed by atoms with Gasteiger partial charge in [0, 0.05) is 29.1 Å². The molecule has 0 aliphatic rings. The van der Waals surface area contributed by atoms with Crippen LogP contribution in [0.5, 0.6) is 0 Å². The van der Waals surface area contributed by atoms with Gasteiger partial charge in [0.1, 0.15) is 5.69 Å². The first-order chi connectivity index (χ1) is 20.3. The van der Waals surface area contributed by atoms with Crippen LogP contribution in [0.15, 0.2) is 146 Å². The van der Waals surface area contributed by atoms with Gasteiger partial charge in [-0.05, 0) is 52.1 Å². The van der Waals surface area contributed by atoms with Crippen LogP contribution in [0, 0.1) is 0 Å². The van der Waals surface area contributed by atoms with Crippen molar-refractivity contribution in [1.82, 2.24) is 24.9 Å². The molecule has 0 saturated carbocycles. The van der Waals surface area contributed by atoms with Gasteiger partial charge in [-0.2, -0.15) is 0 Å². The van der Waals surface area contributed by atoms with Crippen LogP contribution in [0.4, 0.5) is 0 Å². The number of hydrogen-bond acceptors (Lipinski definition) is 4. The van der Waals surface area contributed by atoms with Gasteiger partial charge >= 0.3 is 0 Å². The molecule has 0 atom stereocenters. The summed E-state index contributed by atoms with van der Waals surface area (Å²) in [6.07, 6.45) is 7.08. The first-order valence-corrected chi connectivity index (χ1v) is 13.5. The molecule has 41 heavy (non-hydrogen) atoms. The standard InChI is InChI=1S/C36H25N5/c1-2-7-25(8-3-1)26-14-16-27(17-15-26)33-21-34(41-36(40-33)35-23-38-24-39-35)31-12-5-10-29(20-31)28-9-4-11-30(19-28)32-13-6-18-37-22-32/h1-24H,(H,38,39). The van der Waals surface area contributed by atoms with Crippen molar-refractivity contribution in [3.05, 3.63) is 146 Å². The second kappa shape index (κ2) is 10.8. The van der Waals surface area contributed by atoms with E-state index in [9.17, 15) is 0 Å². The molecule has 4 aromatic carbocycles. The predicted molar refractivity (Wildman–Crippen MR) is 165 cm³/mol. The Balaban J connectivity index is 1.29. The minimum Gasteiger partial charge on any atom is -0.342 e. The Morgan fingerprint density at radius 1 is 0.415 bits per heavy atom. The number of imidazole rings is 1. The number of pyridine rings is 1. The molecule has 0 spiro atoms. The summed E-state index contributed by atoms with van der Waals surface area (Å²) in [7, 11) is 0. The molecule has 3 aromatic heterocycles. The van der Waals surface area contributed by atoms with E-state index in [0.29, 0.717) is 5.82 Å². The van der Waals surface area contributed by atoms with Crippen LogP contribution in [0.2, 0.25) is 0 Å². The fourth-order valence-corrected chi connectivity index (χ4v) is 4.98. The number of nitrogens with zero attached hydrogens (tertiary/aromatic N) is 4. The largest absolute Gasteiger partial charge is 0.342 e. The van der Waals surface area contributed by atoms with E-state index in [0.717, 1.165) is 50.5 Å². The zero-order valence-corrected chi connectivity index (χ0v) is 22.1. The smallest absolute Gasteiger partial charge is 0.178 e. The Morgan fingerprint density at radius 2 is 1.00 bits per heavy atom. The fraction of sp³-hybridized carbons (Fsp3) is 0. The number of rotatable bonds is 6. The molecule has 0 unspecified atom stereocenters. The van der Waals surface area contributed by atoms with E-state index in [-0.39, 0.29) is 0 Å². The third-order valence-electron chi connectivity index (χ3n) is 7.10. The van der Waals surface area contributed by atoms with Crippen molar-refractivity contribution in [3.63, 3.8) is 0 Å². The van der Waals surface area contributed by atoms with E-state index < -0.39 is 0 Å². The van der Waals surface area contributed by atoms with Crippen LogP contribution in [0.1, 0.15) is 0 Å². The van der Waals surface area contributed by atoms with Gasteiger partial charge in [0.25, 0.3) is 0 Å². The van der Waals surface area contributed by atoms with Crippen LogP contribution >= 0.6 is 0 Å². The van der Waals surface area contributed by atoms with Gasteiger partial charge in [-0.25, -0.2) is 15.0 Å². The van der Waals surface area contributed by atoms with Gasteiger partial charge in [0.05, 0.1) is 23.9 Å². The topological polar surface area (TPSA) is 67.3 Å². The molecule has 3 heterocycles. The minimum atomic E-state index is 0.603. The van der Waals surface area contributed by atoms with Crippen LogP contribution in [0.25, 0.3) is 67.4 Å². The Morgan fingerprint density at radius 3 is 1.68 bits per heavy atom. The third-order valence-corrected chi connectivity index (χ3v) is 7.10. The van der Waals surface area contributed by atoms with E-state index in [1.165, 1.54) is 11.1 Å². The lowest BCUT2D eigenvalue weighted by Gasteiger charge is -2.11. The maximum absolute atomic E-state index is 4.95. The highest BCUT2D eigenvalue weighted by molar-refractivity contribution is 5.78. The molecule has 5 heteroatoms. The highest BCUT2D eigenvalue weighted by Gasteiger charge is 2.13. The van der Waals surface area contributed by atoms with E-state index in [1.807, 2.05) is 18.3 Å². The Labute approximate surface area is 238 Å². The zero-order chi connectivity index (χ0) is 27.4. The van der Waals surface area contributed by atoms with Gasteiger partial charge in [0.2, 0.25) is 0 Å². The molecule has 0 aliphatic heterocycles. The average Bonchev–Trinajstić information content (AvgIpc) is 3.61. The number of H-pyrrole nitrogens is 1. The van der Waals surface area contributed by atoms with Crippen molar-refractivity contribution in [2.75, 3.05) is 0 Å². The quantitative estimate of drug-likeness (QED) is 0.235. The van der Waals surface area contributed by atoms with Crippen molar-refractivity contribution in [2.45, 2.75) is 0 Å². The SMILES string of the molecule is c1ccc(-c2ccc(-c3cc(-c4cccc(-c5cccc(-c6cccnc6)c5)c4)nc(-c4cnc[nH]4)n3)cc2)cc1. The highest BCUT2D eigenvalue weighted by Crippen LogP contribution is 2.32. The maximum atomic E-state index is 4.95. The summed E-state index contributed by atoms with van der Waals surface area (Å²) in [6.45, 7) is 0. The second-order valence-corrected chi connectivity index (χ2v) is 9.77. The van der Waals surface area contributed by atoms with Gasteiger partial charge in [0.15, 0.2) is 5.82 Å². The fourth-order valence-electron chi connectivity index (χ4n) is 4.98. The van der Waals surface area contributed by atoms with Crippen molar-refractivity contribution in [1.29, 1.82) is 0 Å². The summed E-state index contributed by atoms with van der Waals surface area (Å²) in [5, 5.41) is 0. The first kappa shape index (κ1) is 24.4. The van der Waals surface area contributed by atoms with E-state index in [1.54, 1.807) is 18.7 Å². The van der Waals surface area contributed by atoms with Crippen molar-refractivity contribution >= 4 is 0 Å². The van der Waals surface area contributed by atoms with Crippen LogP contribution < -0.4 is 0 Å². The van der Waals surface area contributed by atoms with Crippen molar-refractivity contribution < 1.29 is 0 Å². The molecule has 194 valence electrons. The summed E-state index contributed by atoms with van der Waals surface area (Å²) < 4.78 is 0. The molecule has 5 nitrogen and oxygen atoms in total. The summed E-state index contributed by atoms with van der Waals surface area (Å²) in [5.74, 6) is 0.603. The highest BCUT2D eigenvalue weighted by atomic mass is 15.0. The molecule has 0 amide bonds. The van der Waals surface area contributed by atoms with Gasteiger partial charge in [-0.1, -0.05) is 97.1 Å². The molecule has 0 fully saturated rings. The Kier molecular flexibility index (Phi) is 6.44. The molecule has 0 saturated heterocycles. The van der Waals surface area contributed by atoms with Crippen LogP contribution in [-0.4, -0.2) is 24.9 Å². The summed E-state index contributed by atoms with van der Waals surface area (Å²) in [4.78, 5) is 21.5.